The summed E-state index contributed by atoms with van der Waals surface area (Å²) in [5.41, 5.74) is 1.44. The van der Waals surface area contributed by atoms with Crippen LogP contribution in [0.2, 0.25) is 0 Å². The number of phenols is 1. The second-order valence-corrected chi connectivity index (χ2v) is 5.56. The highest BCUT2D eigenvalue weighted by Gasteiger charge is 2.16. The van der Waals surface area contributed by atoms with Crippen molar-refractivity contribution in [2.45, 2.75) is 6.42 Å². The quantitative estimate of drug-likeness (QED) is 0.622. The molecule has 0 aliphatic carbocycles. The third-order valence-electron chi connectivity index (χ3n) is 3.92. The molecule has 1 heterocycles. The predicted octanol–water partition coefficient (Wildman–Crippen LogP) is 2.98. The van der Waals surface area contributed by atoms with Gasteiger partial charge in [0.1, 0.15) is 5.75 Å². The fraction of sp³-hybridized carbons (Fsp3) is 0.105. The average molecular weight is 336 g/mol. The molecule has 0 spiro atoms. The number of amides is 1. The van der Waals surface area contributed by atoms with Gasteiger partial charge in [0.15, 0.2) is 5.78 Å². The maximum absolute atomic E-state index is 12.8. The number of carboxylic acid groups (broad SMARTS) is 1. The van der Waals surface area contributed by atoms with Crippen molar-refractivity contribution >= 4 is 22.6 Å². The van der Waals surface area contributed by atoms with E-state index in [1.807, 2.05) is 6.07 Å². The maximum Gasteiger partial charge on any atom is 0.404 e. The summed E-state index contributed by atoms with van der Waals surface area (Å²) in [5.74, 6) is -0.395. The second-order valence-electron chi connectivity index (χ2n) is 5.56. The van der Waals surface area contributed by atoms with Crippen LogP contribution >= 0.6 is 0 Å². The first-order valence-corrected chi connectivity index (χ1v) is 7.72. The number of rotatable bonds is 5. The summed E-state index contributed by atoms with van der Waals surface area (Å²) in [5, 5.41) is 22.7. The maximum atomic E-state index is 12.8. The smallest absolute Gasteiger partial charge is 0.404 e. The Morgan fingerprint density at radius 3 is 2.68 bits per heavy atom. The first-order valence-electron chi connectivity index (χ1n) is 7.72. The van der Waals surface area contributed by atoms with E-state index in [0.717, 1.165) is 16.3 Å². The van der Waals surface area contributed by atoms with E-state index >= 15 is 0 Å². The first-order chi connectivity index (χ1) is 12.1. The van der Waals surface area contributed by atoms with Gasteiger partial charge in [-0.05, 0) is 35.6 Å². The fourth-order valence-electron chi connectivity index (χ4n) is 2.70. The van der Waals surface area contributed by atoms with Crippen molar-refractivity contribution in [2.24, 2.45) is 0 Å². The molecule has 0 aliphatic heterocycles. The van der Waals surface area contributed by atoms with Crippen LogP contribution in [0.3, 0.4) is 0 Å². The van der Waals surface area contributed by atoms with Gasteiger partial charge in [-0.25, -0.2) is 4.79 Å². The van der Waals surface area contributed by atoms with E-state index in [2.05, 4.69) is 10.3 Å². The number of hydrogen-bond acceptors (Lipinski definition) is 4. The normalized spacial score (nSPS) is 10.6. The molecule has 2 aromatic carbocycles. The summed E-state index contributed by atoms with van der Waals surface area (Å²) in [6, 6.07) is 11.9. The van der Waals surface area contributed by atoms with E-state index in [-0.39, 0.29) is 23.6 Å². The summed E-state index contributed by atoms with van der Waals surface area (Å²) < 4.78 is 0. The number of carbonyl (C=O) groups is 2. The minimum Gasteiger partial charge on any atom is -0.507 e. The molecule has 0 fully saturated rings. The molecular weight excluding hydrogens is 320 g/mol. The standard InChI is InChI=1S/C19H16N2O4/c22-17-10-12(6-9-21-19(24)25)4-5-16(17)18(23)15-3-1-2-13-11-20-8-7-14(13)15/h1-5,7-8,10-11,21-22H,6,9H2,(H,24,25). The SMILES string of the molecule is O=C(O)NCCc1ccc(C(=O)c2cccc3cnccc23)c(O)c1. The van der Waals surface area contributed by atoms with E-state index in [0.29, 0.717) is 12.0 Å². The average Bonchev–Trinajstić information content (AvgIpc) is 2.60. The van der Waals surface area contributed by atoms with Crippen molar-refractivity contribution in [3.05, 3.63) is 71.5 Å². The third-order valence-corrected chi connectivity index (χ3v) is 3.92. The highest BCUT2D eigenvalue weighted by Crippen LogP contribution is 2.26. The zero-order valence-electron chi connectivity index (χ0n) is 13.3. The van der Waals surface area contributed by atoms with Gasteiger partial charge in [-0.1, -0.05) is 24.3 Å². The molecule has 0 atom stereocenters. The molecule has 25 heavy (non-hydrogen) atoms. The zero-order chi connectivity index (χ0) is 17.8. The number of pyridine rings is 1. The van der Waals surface area contributed by atoms with Gasteiger partial charge < -0.3 is 15.5 Å². The molecule has 3 N–H and O–H groups in total. The summed E-state index contributed by atoms with van der Waals surface area (Å²) >= 11 is 0. The molecule has 3 rings (SSSR count). The molecule has 1 aromatic heterocycles. The molecule has 0 aliphatic rings. The van der Waals surface area contributed by atoms with Crippen molar-refractivity contribution in [2.75, 3.05) is 6.54 Å². The number of ketones is 1. The molecular formula is C19H16N2O4. The van der Waals surface area contributed by atoms with Crippen molar-refractivity contribution < 1.29 is 19.8 Å². The van der Waals surface area contributed by atoms with Gasteiger partial charge in [0, 0.05) is 29.9 Å². The van der Waals surface area contributed by atoms with Gasteiger partial charge in [-0.3, -0.25) is 9.78 Å². The number of aromatic hydroxyl groups is 1. The number of phenolic OH excluding ortho intramolecular Hbond substituents is 1. The van der Waals surface area contributed by atoms with Crippen LogP contribution in [0.15, 0.2) is 54.9 Å². The van der Waals surface area contributed by atoms with Crippen LogP contribution < -0.4 is 5.32 Å². The van der Waals surface area contributed by atoms with Gasteiger partial charge >= 0.3 is 6.09 Å². The van der Waals surface area contributed by atoms with Crippen LogP contribution in [0.25, 0.3) is 10.8 Å². The van der Waals surface area contributed by atoms with E-state index < -0.39 is 6.09 Å². The van der Waals surface area contributed by atoms with E-state index in [9.17, 15) is 14.7 Å². The Morgan fingerprint density at radius 1 is 1.08 bits per heavy atom. The Kier molecular flexibility index (Phi) is 4.61. The lowest BCUT2D eigenvalue weighted by molar-refractivity contribution is 0.103. The Bertz CT molecular complexity index is 948. The Labute approximate surface area is 143 Å². The molecule has 3 aromatic rings. The molecule has 6 nitrogen and oxygen atoms in total. The number of hydrogen-bond donors (Lipinski definition) is 3. The minimum atomic E-state index is -1.10. The van der Waals surface area contributed by atoms with Gasteiger partial charge in [0.25, 0.3) is 0 Å². The lowest BCUT2D eigenvalue weighted by Crippen LogP contribution is -2.23. The minimum absolute atomic E-state index is 0.121. The van der Waals surface area contributed by atoms with Crippen molar-refractivity contribution in [3.63, 3.8) is 0 Å². The highest BCUT2D eigenvalue weighted by atomic mass is 16.4. The van der Waals surface area contributed by atoms with E-state index in [4.69, 9.17) is 5.11 Å². The topological polar surface area (TPSA) is 99.5 Å². The summed E-state index contributed by atoms with van der Waals surface area (Å²) in [4.78, 5) is 27.3. The number of carbonyl (C=O) groups excluding carboxylic acids is 1. The molecule has 6 heteroatoms. The Balaban J connectivity index is 1.88. The largest absolute Gasteiger partial charge is 0.507 e. The molecule has 0 saturated heterocycles. The van der Waals surface area contributed by atoms with Gasteiger partial charge in [-0.15, -0.1) is 0 Å². The van der Waals surface area contributed by atoms with Gasteiger partial charge in [0.2, 0.25) is 0 Å². The second kappa shape index (κ2) is 7.00. The van der Waals surface area contributed by atoms with Crippen LogP contribution in [-0.2, 0) is 6.42 Å². The van der Waals surface area contributed by atoms with Crippen molar-refractivity contribution in [3.8, 4) is 5.75 Å². The number of fused-ring (bicyclic) bond motifs is 1. The summed E-state index contributed by atoms with van der Waals surface area (Å²) in [7, 11) is 0. The van der Waals surface area contributed by atoms with Crippen LogP contribution in [0.4, 0.5) is 4.79 Å². The van der Waals surface area contributed by atoms with Crippen LogP contribution in [0.1, 0.15) is 21.5 Å². The van der Waals surface area contributed by atoms with Crippen molar-refractivity contribution in [1.29, 1.82) is 0 Å². The van der Waals surface area contributed by atoms with Gasteiger partial charge in [-0.2, -0.15) is 0 Å². The number of benzene rings is 2. The van der Waals surface area contributed by atoms with E-state index in [1.165, 1.54) is 6.07 Å². The molecule has 0 unspecified atom stereocenters. The highest BCUT2D eigenvalue weighted by molar-refractivity contribution is 6.17. The summed E-state index contributed by atoms with van der Waals surface area (Å²) in [6.07, 6.45) is 2.64. The number of nitrogens with one attached hydrogen (secondary N) is 1. The number of nitrogens with zero attached hydrogens (tertiary/aromatic N) is 1. The molecule has 1 amide bonds. The molecule has 0 radical (unpaired) electrons. The molecule has 0 bridgehead atoms. The molecule has 126 valence electrons. The summed E-state index contributed by atoms with van der Waals surface area (Å²) in [6.45, 7) is 0.235. The molecule has 0 saturated carbocycles. The first kappa shape index (κ1) is 16.4. The third kappa shape index (κ3) is 3.58. The number of aromatic nitrogens is 1. The lowest BCUT2D eigenvalue weighted by atomic mass is 9.96. The zero-order valence-corrected chi connectivity index (χ0v) is 13.3. The van der Waals surface area contributed by atoms with Gasteiger partial charge in [0.05, 0.1) is 5.56 Å². The fourth-order valence-corrected chi connectivity index (χ4v) is 2.70. The van der Waals surface area contributed by atoms with E-state index in [1.54, 1.807) is 42.7 Å². The van der Waals surface area contributed by atoms with Crippen LogP contribution in [-0.4, -0.2) is 33.6 Å². The van der Waals surface area contributed by atoms with Crippen LogP contribution in [0.5, 0.6) is 5.75 Å². The van der Waals surface area contributed by atoms with Crippen molar-refractivity contribution in [1.82, 2.24) is 10.3 Å². The predicted molar refractivity (Wildman–Crippen MR) is 93.0 cm³/mol. The Morgan fingerprint density at radius 2 is 1.92 bits per heavy atom. The Hall–Kier alpha value is -3.41. The monoisotopic (exact) mass is 336 g/mol. The van der Waals surface area contributed by atoms with Crippen LogP contribution in [0, 0.1) is 0 Å². The lowest BCUT2D eigenvalue weighted by Gasteiger charge is -2.09.